The van der Waals surface area contributed by atoms with Gasteiger partial charge in [0.05, 0.1) is 11.1 Å². The molecule has 0 aliphatic rings. The van der Waals surface area contributed by atoms with Crippen LogP contribution in [0.15, 0.2) is 27.6 Å². The molecule has 0 aliphatic heterocycles. The van der Waals surface area contributed by atoms with Crippen molar-refractivity contribution >= 4 is 37.6 Å². The Morgan fingerprint density at radius 3 is 2.72 bits per heavy atom. The molecule has 1 atom stereocenters. The third-order valence-corrected chi connectivity index (χ3v) is 4.86. The fraction of sp³-hybridized carbons (Fsp3) is 0.455. The zero-order valence-corrected chi connectivity index (χ0v) is 13.0. The van der Waals surface area contributed by atoms with Crippen LogP contribution < -0.4 is 4.72 Å². The molecule has 18 heavy (non-hydrogen) atoms. The van der Waals surface area contributed by atoms with Crippen LogP contribution in [-0.2, 0) is 10.0 Å². The van der Waals surface area contributed by atoms with E-state index in [2.05, 4.69) is 20.7 Å². The van der Waals surface area contributed by atoms with Crippen LogP contribution in [0.3, 0.4) is 0 Å². The molecule has 0 fully saturated rings. The standard InChI is InChI=1S/C11H15BrClNO3S/c1-2-9(15)5-6-14-18(16,17)11-4-3-8(12)7-10(11)13/h3-4,7,9,14-15H,2,5-6H2,1H3. The van der Waals surface area contributed by atoms with Crippen LogP contribution in [0.2, 0.25) is 5.02 Å². The van der Waals surface area contributed by atoms with Gasteiger partial charge in [0.25, 0.3) is 0 Å². The summed E-state index contributed by atoms with van der Waals surface area (Å²) < 4.78 is 27.0. The second-order valence-corrected chi connectivity index (χ2v) is 6.88. The van der Waals surface area contributed by atoms with Crippen LogP contribution in [0.4, 0.5) is 0 Å². The van der Waals surface area contributed by atoms with Crippen molar-refractivity contribution in [1.82, 2.24) is 4.72 Å². The molecule has 0 heterocycles. The van der Waals surface area contributed by atoms with Crippen molar-refractivity contribution in [1.29, 1.82) is 0 Å². The summed E-state index contributed by atoms with van der Waals surface area (Å²) in [6, 6.07) is 4.57. The number of aliphatic hydroxyl groups excluding tert-OH is 1. The highest BCUT2D eigenvalue weighted by atomic mass is 79.9. The van der Waals surface area contributed by atoms with Crippen molar-refractivity contribution in [3.8, 4) is 0 Å². The topological polar surface area (TPSA) is 66.4 Å². The van der Waals surface area contributed by atoms with Crippen LogP contribution in [-0.4, -0.2) is 26.2 Å². The van der Waals surface area contributed by atoms with Crippen LogP contribution in [0.1, 0.15) is 19.8 Å². The van der Waals surface area contributed by atoms with Gasteiger partial charge in [-0.25, -0.2) is 13.1 Å². The molecule has 7 heteroatoms. The van der Waals surface area contributed by atoms with Gasteiger partial charge in [-0.15, -0.1) is 0 Å². The molecule has 0 aromatic heterocycles. The van der Waals surface area contributed by atoms with Gasteiger partial charge in [-0.3, -0.25) is 0 Å². The van der Waals surface area contributed by atoms with E-state index in [4.69, 9.17) is 11.6 Å². The molecule has 2 N–H and O–H groups in total. The average molecular weight is 357 g/mol. The lowest BCUT2D eigenvalue weighted by Crippen LogP contribution is -2.27. The minimum Gasteiger partial charge on any atom is -0.393 e. The first kappa shape index (κ1) is 15.9. The summed E-state index contributed by atoms with van der Waals surface area (Å²) in [5.74, 6) is 0. The highest BCUT2D eigenvalue weighted by Gasteiger charge is 2.17. The number of benzene rings is 1. The van der Waals surface area contributed by atoms with Gasteiger partial charge in [0.15, 0.2) is 0 Å². The van der Waals surface area contributed by atoms with E-state index < -0.39 is 16.1 Å². The van der Waals surface area contributed by atoms with E-state index in [9.17, 15) is 13.5 Å². The molecule has 1 rings (SSSR count). The third kappa shape index (κ3) is 4.51. The van der Waals surface area contributed by atoms with Crippen LogP contribution in [0.5, 0.6) is 0 Å². The summed E-state index contributed by atoms with van der Waals surface area (Å²) in [5, 5.41) is 9.51. The number of hydrogen-bond acceptors (Lipinski definition) is 3. The number of rotatable bonds is 6. The molecular formula is C11H15BrClNO3S. The van der Waals surface area contributed by atoms with Crippen LogP contribution in [0, 0.1) is 0 Å². The molecule has 0 radical (unpaired) electrons. The fourth-order valence-electron chi connectivity index (χ4n) is 1.33. The Hall–Kier alpha value is -0.140. The van der Waals surface area contributed by atoms with Crippen molar-refractivity contribution in [2.75, 3.05) is 6.54 Å². The van der Waals surface area contributed by atoms with Gasteiger partial charge in [-0.2, -0.15) is 0 Å². The van der Waals surface area contributed by atoms with Gasteiger partial charge in [0.2, 0.25) is 10.0 Å². The highest BCUT2D eigenvalue weighted by Crippen LogP contribution is 2.24. The lowest BCUT2D eigenvalue weighted by Gasteiger charge is -2.10. The Bertz CT molecular complexity index is 507. The van der Waals surface area contributed by atoms with Gasteiger partial charge in [0, 0.05) is 11.0 Å². The molecule has 4 nitrogen and oxygen atoms in total. The second-order valence-electron chi connectivity index (χ2n) is 3.82. The molecule has 0 amide bonds. The van der Waals surface area contributed by atoms with E-state index in [0.29, 0.717) is 17.3 Å². The summed E-state index contributed by atoms with van der Waals surface area (Å²) in [5.41, 5.74) is 0. The van der Waals surface area contributed by atoms with Gasteiger partial charge >= 0.3 is 0 Å². The smallest absolute Gasteiger partial charge is 0.242 e. The Kier molecular flexibility index (Phi) is 6.07. The highest BCUT2D eigenvalue weighted by molar-refractivity contribution is 9.10. The van der Waals surface area contributed by atoms with E-state index in [1.54, 1.807) is 6.07 Å². The number of halogens is 2. The van der Waals surface area contributed by atoms with E-state index >= 15 is 0 Å². The van der Waals surface area contributed by atoms with E-state index in [1.807, 2.05) is 6.92 Å². The maximum atomic E-state index is 11.9. The lowest BCUT2D eigenvalue weighted by atomic mass is 10.2. The summed E-state index contributed by atoms with van der Waals surface area (Å²) in [6.07, 6.45) is 0.484. The molecule has 1 unspecified atom stereocenters. The molecule has 0 saturated carbocycles. The number of hydrogen-bond donors (Lipinski definition) is 2. The number of sulfonamides is 1. The SMILES string of the molecule is CCC(O)CCNS(=O)(=O)c1ccc(Br)cc1Cl. The molecule has 1 aromatic carbocycles. The van der Waals surface area contributed by atoms with Crippen molar-refractivity contribution in [3.05, 3.63) is 27.7 Å². The molecule has 0 bridgehead atoms. The quantitative estimate of drug-likeness (QED) is 0.823. The normalized spacial score (nSPS) is 13.6. The van der Waals surface area contributed by atoms with E-state index in [-0.39, 0.29) is 16.5 Å². The lowest BCUT2D eigenvalue weighted by molar-refractivity contribution is 0.162. The largest absolute Gasteiger partial charge is 0.393 e. The van der Waals surface area contributed by atoms with Gasteiger partial charge in [0.1, 0.15) is 4.90 Å². The van der Waals surface area contributed by atoms with Gasteiger partial charge < -0.3 is 5.11 Å². The monoisotopic (exact) mass is 355 g/mol. The second kappa shape index (κ2) is 6.86. The molecule has 0 aliphatic carbocycles. The van der Waals surface area contributed by atoms with Crippen molar-refractivity contribution in [2.24, 2.45) is 0 Å². The maximum absolute atomic E-state index is 11.9. The first-order valence-corrected chi connectivity index (χ1v) is 8.15. The van der Waals surface area contributed by atoms with Crippen LogP contribution in [0.25, 0.3) is 0 Å². The molecule has 102 valence electrons. The Labute approximate surface area is 121 Å². The molecule has 0 saturated heterocycles. The predicted molar refractivity (Wildman–Crippen MR) is 75.3 cm³/mol. The minimum atomic E-state index is -3.63. The first-order valence-electron chi connectivity index (χ1n) is 5.49. The summed E-state index contributed by atoms with van der Waals surface area (Å²) in [4.78, 5) is 0.0401. The van der Waals surface area contributed by atoms with E-state index in [1.165, 1.54) is 12.1 Å². The van der Waals surface area contributed by atoms with Crippen molar-refractivity contribution in [3.63, 3.8) is 0 Å². The van der Waals surface area contributed by atoms with Gasteiger partial charge in [-0.1, -0.05) is 34.5 Å². The van der Waals surface area contributed by atoms with Crippen LogP contribution >= 0.6 is 27.5 Å². The Balaban J connectivity index is 2.74. The summed E-state index contributed by atoms with van der Waals surface area (Å²) >= 11 is 9.10. The predicted octanol–water partition coefficient (Wildman–Crippen LogP) is 2.54. The first-order chi connectivity index (χ1) is 8.36. The summed E-state index contributed by atoms with van der Waals surface area (Å²) in [6.45, 7) is 2.02. The van der Waals surface area contributed by atoms with Gasteiger partial charge in [-0.05, 0) is 31.0 Å². The zero-order chi connectivity index (χ0) is 13.8. The molecular weight excluding hydrogens is 342 g/mol. The van der Waals surface area contributed by atoms with Crippen molar-refractivity contribution < 1.29 is 13.5 Å². The zero-order valence-electron chi connectivity index (χ0n) is 9.86. The third-order valence-electron chi connectivity index (χ3n) is 2.42. The minimum absolute atomic E-state index is 0.0401. The molecule has 0 spiro atoms. The van der Waals surface area contributed by atoms with Crippen molar-refractivity contribution in [2.45, 2.75) is 30.8 Å². The maximum Gasteiger partial charge on any atom is 0.242 e. The fourth-order valence-corrected chi connectivity index (χ4v) is 3.42. The Morgan fingerprint density at radius 1 is 1.50 bits per heavy atom. The molecule has 1 aromatic rings. The Morgan fingerprint density at radius 2 is 2.17 bits per heavy atom. The number of aliphatic hydroxyl groups is 1. The average Bonchev–Trinajstić information content (AvgIpc) is 2.27. The number of nitrogens with one attached hydrogen (secondary N) is 1. The summed E-state index contributed by atoms with van der Waals surface area (Å²) in [7, 11) is -3.63. The van der Waals surface area contributed by atoms with E-state index in [0.717, 1.165) is 0 Å².